The molecule has 10 heteroatoms. The van der Waals surface area contributed by atoms with E-state index >= 15 is 0 Å². The maximum Gasteiger partial charge on any atom is 0.307 e. The predicted octanol–water partition coefficient (Wildman–Crippen LogP) is 4.20. The van der Waals surface area contributed by atoms with Crippen molar-refractivity contribution in [2.24, 2.45) is 5.14 Å². The Morgan fingerprint density at radius 2 is 1.81 bits per heavy atom. The van der Waals surface area contributed by atoms with Crippen LogP contribution in [0.5, 0.6) is 17.2 Å². The Kier molecular flexibility index (Phi) is 8.08. The highest BCUT2D eigenvalue weighted by Crippen LogP contribution is 2.41. The molecule has 0 amide bonds. The summed E-state index contributed by atoms with van der Waals surface area (Å²) in [7, 11) is -4.04. The molecule has 0 heterocycles. The summed E-state index contributed by atoms with van der Waals surface area (Å²) in [5, 5.41) is 14.1. The zero-order valence-electron chi connectivity index (χ0n) is 20.2. The van der Waals surface area contributed by atoms with Gasteiger partial charge in [-0.1, -0.05) is 24.3 Å². The van der Waals surface area contributed by atoms with Crippen LogP contribution >= 0.6 is 0 Å². The van der Waals surface area contributed by atoms with E-state index in [-0.39, 0.29) is 19.1 Å². The van der Waals surface area contributed by atoms with E-state index in [4.69, 9.17) is 24.6 Å². The number of hydrogen-bond acceptors (Lipinski definition) is 7. The second-order valence-corrected chi connectivity index (χ2v) is 9.83. The highest BCUT2D eigenvalue weighted by molar-refractivity contribution is 7.87. The van der Waals surface area contributed by atoms with Gasteiger partial charge in [-0.2, -0.15) is 18.4 Å². The number of nitrogens with one attached hydrogen (secondary N) is 1. The Labute approximate surface area is 216 Å². The lowest BCUT2D eigenvalue weighted by atomic mass is 10.0. The van der Waals surface area contributed by atoms with E-state index in [0.717, 1.165) is 29.7 Å². The maximum atomic E-state index is 12.0. The number of hydrogen-bond donors (Lipinski definition) is 2. The lowest BCUT2D eigenvalue weighted by Gasteiger charge is -2.19. The SMILES string of the molecule is CCOC(=O)CC(NS(N)(=O)=O)c1ccc(O[C@@H]2CCc3c(Oc4ccc(C#N)cc4)cccc32)cc1. The van der Waals surface area contributed by atoms with E-state index < -0.39 is 22.2 Å². The van der Waals surface area contributed by atoms with Gasteiger partial charge < -0.3 is 14.2 Å². The van der Waals surface area contributed by atoms with Gasteiger partial charge in [0.25, 0.3) is 10.2 Å². The van der Waals surface area contributed by atoms with Crippen molar-refractivity contribution in [2.75, 3.05) is 6.61 Å². The van der Waals surface area contributed by atoms with Gasteiger partial charge >= 0.3 is 5.97 Å². The van der Waals surface area contributed by atoms with Crippen molar-refractivity contribution in [1.82, 2.24) is 4.72 Å². The number of nitrogens with zero attached hydrogens (tertiary/aromatic N) is 1. The van der Waals surface area contributed by atoms with Crippen LogP contribution in [0.25, 0.3) is 0 Å². The number of nitrogens with two attached hydrogens (primary N) is 1. The van der Waals surface area contributed by atoms with Crippen LogP contribution in [-0.4, -0.2) is 21.0 Å². The normalized spacial score (nSPS) is 15.3. The molecule has 0 saturated carbocycles. The van der Waals surface area contributed by atoms with E-state index in [1.165, 1.54) is 0 Å². The molecule has 37 heavy (non-hydrogen) atoms. The van der Waals surface area contributed by atoms with E-state index in [0.29, 0.717) is 22.6 Å². The molecule has 192 valence electrons. The lowest BCUT2D eigenvalue weighted by molar-refractivity contribution is -0.143. The molecule has 0 spiro atoms. The molecular formula is C27H27N3O6S. The van der Waals surface area contributed by atoms with Crippen molar-refractivity contribution < 1.29 is 27.4 Å². The lowest BCUT2D eigenvalue weighted by Crippen LogP contribution is -2.35. The minimum absolute atomic E-state index is 0.178. The standard InChI is InChI=1S/C27H27N3O6S/c1-2-34-27(31)16-24(30-37(29,32)33)19-8-12-21(13-9-19)36-26-15-14-23-22(26)4-3-5-25(23)35-20-10-6-18(17-28)7-11-20/h3-13,24,26,30H,2,14-16H2,1H3,(H2,29,32,33)/t24?,26-/m1/s1. The number of ether oxygens (including phenoxy) is 3. The number of esters is 1. The first-order chi connectivity index (χ1) is 17.8. The Bertz CT molecular complexity index is 1400. The fourth-order valence-corrected chi connectivity index (χ4v) is 4.90. The van der Waals surface area contributed by atoms with Crippen LogP contribution in [0.2, 0.25) is 0 Å². The van der Waals surface area contributed by atoms with Gasteiger partial charge in [0.15, 0.2) is 0 Å². The fourth-order valence-electron chi connectivity index (χ4n) is 4.28. The molecule has 9 nitrogen and oxygen atoms in total. The zero-order valence-corrected chi connectivity index (χ0v) is 21.0. The first kappa shape index (κ1) is 26.2. The third-order valence-electron chi connectivity index (χ3n) is 5.93. The van der Waals surface area contributed by atoms with Gasteiger partial charge in [-0.05, 0) is 73.4 Å². The number of nitriles is 1. The predicted molar refractivity (Wildman–Crippen MR) is 136 cm³/mol. The average Bonchev–Trinajstić information content (AvgIpc) is 3.27. The van der Waals surface area contributed by atoms with Crippen LogP contribution in [0, 0.1) is 11.3 Å². The second kappa shape index (κ2) is 11.4. The number of carbonyl (C=O) groups excluding carboxylic acids is 1. The fraction of sp³-hybridized carbons (Fsp3) is 0.259. The molecule has 0 radical (unpaired) electrons. The zero-order chi connectivity index (χ0) is 26.4. The van der Waals surface area contributed by atoms with Gasteiger partial charge in [0.2, 0.25) is 0 Å². The molecule has 3 aromatic carbocycles. The second-order valence-electron chi connectivity index (χ2n) is 8.50. The molecule has 3 aromatic rings. The highest BCUT2D eigenvalue weighted by Gasteiger charge is 2.27. The molecule has 3 N–H and O–H groups in total. The summed E-state index contributed by atoms with van der Waals surface area (Å²) in [4.78, 5) is 12.0. The van der Waals surface area contributed by atoms with Crippen LogP contribution in [-0.2, 0) is 26.2 Å². The average molecular weight is 522 g/mol. The Hall–Kier alpha value is -3.91. The summed E-state index contributed by atoms with van der Waals surface area (Å²) in [6.07, 6.45) is 1.18. The van der Waals surface area contributed by atoms with E-state index in [1.807, 2.05) is 18.2 Å². The van der Waals surface area contributed by atoms with E-state index in [1.54, 1.807) is 55.5 Å². The van der Waals surface area contributed by atoms with Gasteiger partial charge in [0.1, 0.15) is 23.4 Å². The molecule has 1 aliphatic carbocycles. The highest BCUT2D eigenvalue weighted by atomic mass is 32.2. The van der Waals surface area contributed by atoms with Crippen molar-refractivity contribution in [3.05, 3.63) is 89.0 Å². The van der Waals surface area contributed by atoms with Gasteiger partial charge in [-0.15, -0.1) is 0 Å². The number of benzene rings is 3. The summed E-state index contributed by atoms with van der Waals surface area (Å²) >= 11 is 0. The number of carbonyl (C=O) groups is 1. The summed E-state index contributed by atoms with van der Waals surface area (Å²) in [6.45, 7) is 1.87. The summed E-state index contributed by atoms with van der Waals surface area (Å²) < 4.78 is 42.8. The minimum atomic E-state index is -4.04. The van der Waals surface area contributed by atoms with E-state index in [9.17, 15) is 13.2 Å². The maximum absolute atomic E-state index is 12.0. The molecule has 2 atom stereocenters. The molecule has 0 aromatic heterocycles. The summed E-state index contributed by atoms with van der Waals surface area (Å²) in [5.74, 6) is 1.47. The molecule has 0 saturated heterocycles. The molecule has 1 unspecified atom stereocenters. The third-order valence-corrected chi connectivity index (χ3v) is 6.54. The molecular weight excluding hydrogens is 494 g/mol. The van der Waals surface area contributed by atoms with Crippen LogP contribution < -0.4 is 19.3 Å². The molecule has 1 aliphatic rings. The molecule has 0 aliphatic heterocycles. The van der Waals surface area contributed by atoms with Crippen LogP contribution in [0.4, 0.5) is 0 Å². The van der Waals surface area contributed by atoms with Crippen molar-refractivity contribution in [1.29, 1.82) is 5.26 Å². The number of fused-ring (bicyclic) bond motifs is 1. The monoisotopic (exact) mass is 521 g/mol. The molecule has 4 rings (SSSR count). The van der Waals surface area contributed by atoms with Crippen LogP contribution in [0.15, 0.2) is 66.7 Å². The van der Waals surface area contributed by atoms with Crippen molar-refractivity contribution in [3.63, 3.8) is 0 Å². The van der Waals surface area contributed by atoms with Gasteiger partial charge in [-0.25, -0.2) is 5.14 Å². The number of rotatable bonds is 10. The van der Waals surface area contributed by atoms with Crippen LogP contribution in [0.1, 0.15) is 54.2 Å². The van der Waals surface area contributed by atoms with Crippen molar-refractivity contribution >= 4 is 16.2 Å². The Morgan fingerprint density at radius 3 is 2.46 bits per heavy atom. The first-order valence-electron chi connectivity index (χ1n) is 11.8. The van der Waals surface area contributed by atoms with Gasteiger partial charge in [-0.3, -0.25) is 4.79 Å². The largest absolute Gasteiger partial charge is 0.486 e. The molecule has 0 bridgehead atoms. The minimum Gasteiger partial charge on any atom is -0.486 e. The van der Waals surface area contributed by atoms with Gasteiger partial charge in [0, 0.05) is 5.56 Å². The van der Waals surface area contributed by atoms with Gasteiger partial charge in [0.05, 0.1) is 30.7 Å². The summed E-state index contributed by atoms with van der Waals surface area (Å²) in [5.41, 5.74) is 3.23. The van der Waals surface area contributed by atoms with Crippen LogP contribution in [0.3, 0.4) is 0 Å². The Morgan fingerprint density at radius 1 is 1.11 bits per heavy atom. The van der Waals surface area contributed by atoms with E-state index in [2.05, 4.69) is 10.8 Å². The third kappa shape index (κ3) is 6.86. The Balaban J connectivity index is 1.47. The summed E-state index contributed by atoms with van der Waals surface area (Å²) in [6, 6.07) is 20.9. The smallest absolute Gasteiger partial charge is 0.307 e. The quantitative estimate of drug-likeness (QED) is 0.381. The first-order valence-corrected chi connectivity index (χ1v) is 13.3. The van der Waals surface area contributed by atoms with Crippen molar-refractivity contribution in [2.45, 2.75) is 38.3 Å². The molecule has 0 fully saturated rings. The van der Waals surface area contributed by atoms with Crippen molar-refractivity contribution in [3.8, 4) is 23.3 Å². The topological polar surface area (TPSA) is 141 Å².